The molecule has 3 unspecified atom stereocenters. The number of hydrogen-bond acceptors (Lipinski definition) is 3. The lowest BCUT2D eigenvalue weighted by atomic mass is 9.95. The van der Waals surface area contributed by atoms with Crippen LogP contribution in [0.1, 0.15) is 5.56 Å². The second-order valence-electron chi connectivity index (χ2n) is 6.32. The number of likely N-dealkylation sites (tertiary alicyclic amines) is 1. The maximum atomic E-state index is 14.9. The number of thiol groups is 1. The molecule has 2 nitrogen and oxygen atoms in total. The molecular weight excluding hydrogens is 352 g/mol. The molecule has 3 rings (SSSR count). The standard InChI is InChI=1S/C18H18F4N2S/c1-24-9-15(21)18(23-25)16(24)7-10-3-2-4-14(17(10)22)11-5-12(19)8-13(20)6-11/h2-6,8,15-16,18,23,25H,7,9H2,1H3. The van der Waals surface area contributed by atoms with E-state index in [2.05, 4.69) is 17.5 Å². The Morgan fingerprint density at radius 3 is 2.48 bits per heavy atom. The highest BCUT2D eigenvalue weighted by Crippen LogP contribution is 2.29. The predicted octanol–water partition coefficient (Wildman–Crippen LogP) is 3.77. The molecule has 1 fully saturated rings. The van der Waals surface area contributed by atoms with E-state index in [1.54, 1.807) is 19.2 Å². The van der Waals surface area contributed by atoms with E-state index in [0.717, 1.165) is 18.2 Å². The van der Waals surface area contributed by atoms with E-state index in [4.69, 9.17) is 0 Å². The Morgan fingerprint density at radius 1 is 1.16 bits per heavy atom. The Balaban J connectivity index is 1.94. The van der Waals surface area contributed by atoms with Gasteiger partial charge in [-0.3, -0.25) is 9.62 Å². The number of nitrogens with one attached hydrogen (secondary N) is 1. The van der Waals surface area contributed by atoms with E-state index < -0.39 is 29.7 Å². The van der Waals surface area contributed by atoms with Crippen molar-refractivity contribution in [3.05, 3.63) is 59.4 Å². The molecule has 2 aromatic carbocycles. The minimum absolute atomic E-state index is 0.115. The molecule has 2 aromatic rings. The third kappa shape index (κ3) is 3.68. The van der Waals surface area contributed by atoms with E-state index in [1.165, 1.54) is 6.07 Å². The third-order valence-electron chi connectivity index (χ3n) is 4.66. The molecule has 0 spiro atoms. The summed E-state index contributed by atoms with van der Waals surface area (Å²) in [7, 11) is 1.77. The molecule has 25 heavy (non-hydrogen) atoms. The van der Waals surface area contributed by atoms with Crippen molar-refractivity contribution in [2.45, 2.75) is 24.7 Å². The van der Waals surface area contributed by atoms with Gasteiger partial charge < -0.3 is 0 Å². The number of benzene rings is 2. The first kappa shape index (κ1) is 18.2. The Morgan fingerprint density at radius 2 is 1.84 bits per heavy atom. The molecule has 0 amide bonds. The Hall–Kier alpha value is -1.57. The van der Waals surface area contributed by atoms with Gasteiger partial charge in [0, 0.05) is 24.2 Å². The molecule has 0 aromatic heterocycles. The average Bonchev–Trinajstić information content (AvgIpc) is 2.81. The van der Waals surface area contributed by atoms with Gasteiger partial charge in [-0.25, -0.2) is 17.6 Å². The van der Waals surface area contributed by atoms with Crippen LogP contribution in [0.25, 0.3) is 11.1 Å². The minimum Gasteiger partial charge on any atom is -0.298 e. The Bertz CT molecular complexity index is 750. The van der Waals surface area contributed by atoms with E-state index in [9.17, 15) is 17.6 Å². The minimum atomic E-state index is -1.10. The van der Waals surface area contributed by atoms with Crippen molar-refractivity contribution in [2.75, 3.05) is 13.6 Å². The van der Waals surface area contributed by atoms with Crippen LogP contribution < -0.4 is 4.72 Å². The van der Waals surface area contributed by atoms with Gasteiger partial charge in [-0.05, 0) is 36.7 Å². The third-order valence-corrected chi connectivity index (χ3v) is 4.96. The SMILES string of the molecule is CN1CC(F)C(NS)C1Cc1cccc(-c2cc(F)cc(F)c2)c1F. The van der Waals surface area contributed by atoms with Gasteiger partial charge >= 0.3 is 0 Å². The molecule has 0 radical (unpaired) electrons. The lowest BCUT2D eigenvalue weighted by Gasteiger charge is -2.24. The molecule has 1 heterocycles. The summed E-state index contributed by atoms with van der Waals surface area (Å²) in [6, 6.07) is 6.81. The summed E-state index contributed by atoms with van der Waals surface area (Å²) in [5.41, 5.74) is 0.606. The van der Waals surface area contributed by atoms with Gasteiger partial charge in [0.25, 0.3) is 0 Å². The summed E-state index contributed by atoms with van der Waals surface area (Å²) in [5, 5.41) is 0. The van der Waals surface area contributed by atoms with Gasteiger partial charge in [-0.1, -0.05) is 31.0 Å². The fourth-order valence-corrected chi connectivity index (χ4v) is 3.72. The van der Waals surface area contributed by atoms with Crippen molar-refractivity contribution in [3.63, 3.8) is 0 Å². The second-order valence-corrected chi connectivity index (χ2v) is 6.58. The molecule has 7 heteroatoms. The van der Waals surface area contributed by atoms with Crippen molar-refractivity contribution in [3.8, 4) is 11.1 Å². The number of rotatable bonds is 4. The summed E-state index contributed by atoms with van der Waals surface area (Å²) in [5.74, 6) is -2.09. The van der Waals surface area contributed by atoms with Crippen molar-refractivity contribution in [1.29, 1.82) is 0 Å². The first-order valence-corrected chi connectivity index (χ1v) is 8.33. The fraction of sp³-hybridized carbons (Fsp3) is 0.333. The predicted molar refractivity (Wildman–Crippen MR) is 92.7 cm³/mol. The fourth-order valence-electron chi connectivity index (χ4n) is 3.38. The zero-order chi connectivity index (χ0) is 18.1. The molecule has 0 saturated carbocycles. The zero-order valence-corrected chi connectivity index (χ0v) is 14.4. The average molecular weight is 370 g/mol. The van der Waals surface area contributed by atoms with Gasteiger partial charge in [0.2, 0.25) is 0 Å². The lowest BCUT2D eigenvalue weighted by Crippen LogP contribution is -2.42. The number of alkyl halides is 1. The van der Waals surface area contributed by atoms with Crippen LogP contribution in [-0.4, -0.2) is 36.7 Å². The van der Waals surface area contributed by atoms with Crippen LogP contribution in [0.4, 0.5) is 17.6 Å². The van der Waals surface area contributed by atoms with Crippen LogP contribution in [0.3, 0.4) is 0 Å². The molecule has 3 atom stereocenters. The molecule has 1 N–H and O–H groups in total. The summed E-state index contributed by atoms with van der Waals surface area (Å²) in [4.78, 5) is 1.81. The van der Waals surface area contributed by atoms with Gasteiger partial charge in [-0.2, -0.15) is 0 Å². The van der Waals surface area contributed by atoms with Crippen LogP contribution in [0.15, 0.2) is 36.4 Å². The van der Waals surface area contributed by atoms with E-state index in [0.29, 0.717) is 5.56 Å². The number of likely N-dealkylation sites (N-methyl/N-ethyl adjacent to an activating group) is 1. The highest BCUT2D eigenvalue weighted by atomic mass is 32.1. The highest BCUT2D eigenvalue weighted by Gasteiger charge is 2.39. The molecule has 0 aliphatic carbocycles. The normalized spacial score (nSPS) is 24.0. The smallest absolute Gasteiger partial charge is 0.134 e. The summed E-state index contributed by atoms with van der Waals surface area (Å²) >= 11 is 3.97. The van der Waals surface area contributed by atoms with E-state index in [1.807, 2.05) is 4.90 Å². The summed E-state index contributed by atoms with van der Waals surface area (Å²) in [6.45, 7) is 0.235. The molecular formula is C18H18F4N2S. The Labute approximate surface area is 149 Å². The maximum Gasteiger partial charge on any atom is 0.134 e. The van der Waals surface area contributed by atoms with Gasteiger partial charge in [0.05, 0.1) is 6.04 Å². The Kier molecular flexibility index (Phi) is 5.36. The monoisotopic (exact) mass is 370 g/mol. The first-order valence-electron chi connectivity index (χ1n) is 7.88. The number of halogens is 4. The van der Waals surface area contributed by atoms with Crippen LogP contribution in [0, 0.1) is 17.5 Å². The molecule has 134 valence electrons. The first-order chi connectivity index (χ1) is 11.9. The zero-order valence-electron chi connectivity index (χ0n) is 13.5. The summed E-state index contributed by atoms with van der Waals surface area (Å²) < 4.78 is 58.5. The summed E-state index contributed by atoms with van der Waals surface area (Å²) in [6.07, 6.45) is -0.844. The van der Waals surface area contributed by atoms with Crippen LogP contribution in [0.2, 0.25) is 0 Å². The largest absolute Gasteiger partial charge is 0.298 e. The molecule has 1 aliphatic heterocycles. The topological polar surface area (TPSA) is 15.3 Å². The van der Waals surface area contributed by atoms with Crippen molar-refractivity contribution in [2.24, 2.45) is 0 Å². The molecule has 1 saturated heterocycles. The maximum absolute atomic E-state index is 14.9. The number of hydrogen-bond donors (Lipinski definition) is 2. The number of nitrogens with zero attached hydrogens (tertiary/aromatic N) is 1. The van der Waals surface area contributed by atoms with Gasteiger partial charge in [0.1, 0.15) is 23.6 Å². The van der Waals surface area contributed by atoms with Crippen LogP contribution in [0.5, 0.6) is 0 Å². The lowest BCUT2D eigenvalue weighted by molar-refractivity contribution is 0.289. The van der Waals surface area contributed by atoms with Crippen molar-refractivity contribution in [1.82, 2.24) is 9.62 Å². The van der Waals surface area contributed by atoms with Crippen molar-refractivity contribution >= 4 is 12.8 Å². The second kappa shape index (κ2) is 7.35. The van der Waals surface area contributed by atoms with Crippen molar-refractivity contribution < 1.29 is 17.6 Å². The van der Waals surface area contributed by atoms with Crippen LogP contribution in [-0.2, 0) is 6.42 Å². The quantitative estimate of drug-likeness (QED) is 0.629. The molecule has 0 bridgehead atoms. The van der Waals surface area contributed by atoms with Gasteiger partial charge in [-0.15, -0.1) is 0 Å². The molecule has 1 aliphatic rings. The van der Waals surface area contributed by atoms with Gasteiger partial charge in [0.15, 0.2) is 0 Å². The van der Waals surface area contributed by atoms with Crippen LogP contribution >= 0.6 is 12.8 Å². The van der Waals surface area contributed by atoms with E-state index in [-0.39, 0.29) is 30.1 Å². The van der Waals surface area contributed by atoms with E-state index >= 15 is 0 Å². The highest BCUT2D eigenvalue weighted by molar-refractivity contribution is 7.78.